The Morgan fingerprint density at radius 1 is 1.00 bits per heavy atom. The number of nitrogens with zero attached hydrogens (tertiary/aromatic N) is 1. The fourth-order valence-electron chi connectivity index (χ4n) is 4.97. The molecule has 2 aliphatic rings. The molecule has 6 nitrogen and oxygen atoms in total. The summed E-state index contributed by atoms with van der Waals surface area (Å²) in [5, 5.41) is 16.0. The van der Waals surface area contributed by atoms with Crippen LogP contribution in [-0.4, -0.2) is 24.3 Å². The van der Waals surface area contributed by atoms with Gasteiger partial charge in [-0.15, -0.1) is 13.2 Å². The molecule has 38 heavy (non-hydrogen) atoms. The van der Waals surface area contributed by atoms with E-state index in [1.165, 1.54) is 0 Å². The molecule has 0 spiro atoms. The molecule has 6 heteroatoms. The average Bonchev–Trinajstić information content (AvgIpc) is 2.93. The highest BCUT2D eigenvalue weighted by atomic mass is 17.1. The zero-order valence-corrected chi connectivity index (χ0v) is 22.2. The summed E-state index contributed by atoms with van der Waals surface area (Å²) in [5.74, 6) is -0.0890. The third-order valence-electron chi connectivity index (χ3n) is 6.56. The Hall–Kier alpha value is -4.42. The van der Waals surface area contributed by atoms with Crippen molar-refractivity contribution in [1.29, 1.82) is 0 Å². The summed E-state index contributed by atoms with van der Waals surface area (Å²) in [5.41, 5.74) is 6.88. The lowest BCUT2D eigenvalue weighted by Gasteiger charge is -2.20. The minimum Gasteiger partial charge on any atom is -0.456 e. The van der Waals surface area contributed by atoms with Gasteiger partial charge in [0.05, 0.1) is 10.9 Å². The highest BCUT2D eigenvalue weighted by molar-refractivity contribution is 6.15. The number of fused-ring (bicyclic) bond motifs is 3. The number of anilines is 1. The van der Waals surface area contributed by atoms with Crippen LogP contribution >= 0.6 is 0 Å². The van der Waals surface area contributed by atoms with Crippen LogP contribution in [0.3, 0.4) is 0 Å². The molecule has 0 bridgehead atoms. The lowest BCUT2D eigenvalue weighted by atomic mass is 9.87. The molecule has 0 radical (unpaired) electrons. The maximum atomic E-state index is 12.6. The van der Waals surface area contributed by atoms with Crippen LogP contribution in [0.2, 0.25) is 0 Å². The largest absolute Gasteiger partial charge is 0.456 e. The summed E-state index contributed by atoms with van der Waals surface area (Å²) in [6.07, 6.45) is 0. The van der Waals surface area contributed by atoms with E-state index in [0.717, 1.165) is 61.8 Å². The normalized spacial score (nSPS) is 11.4. The summed E-state index contributed by atoms with van der Waals surface area (Å²) in [6.45, 7) is 15.6. The van der Waals surface area contributed by atoms with Crippen LogP contribution in [0.4, 0.5) is 5.69 Å². The van der Waals surface area contributed by atoms with E-state index in [0.29, 0.717) is 23.3 Å². The lowest BCUT2D eigenvalue weighted by molar-refractivity contribution is -0.182. The highest BCUT2D eigenvalue weighted by Crippen LogP contribution is 2.44. The second-order valence-corrected chi connectivity index (χ2v) is 8.87. The first kappa shape index (κ1) is 26.6. The van der Waals surface area contributed by atoms with Crippen molar-refractivity contribution >= 4 is 33.4 Å². The molecule has 3 aromatic rings. The standard InChI is InChI=1S/C30H28N2O4.C2H4/c1-5-31-24-15-26-22(13-17(24)3)29(23-14-18(4)25(32-6-2)16-27(23)35-26)20-11-7-9-19-10-8-12-21(28(19)20)30(33)36-34;1-2/h7-16,31,34H,5-6H2,1-4H3;1-2H2. The maximum absolute atomic E-state index is 12.6. The molecule has 0 amide bonds. The van der Waals surface area contributed by atoms with Crippen LogP contribution in [0.25, 0.3) is 44.2 Å². The van der Waals surface area contributed by atoms with Gasteiger partial charge in [-0.2, -0.15) is 5.26 Å². The van der Waals surface area contributed by atoms with Crippen LogP contribution in [-0.2, 0) is 4.89 Å². The van der Waals surface area contributed by atoms with Crippen molar-refractivity contribution in [2.45, 2.75) is 27.7 Å². The maximum Gasteiger partial charge on any atom is 0.373 e. The smallest absolute Gasteiger partial charge is 0.373 e. The van der Waals surface area contributed by atoms with Gasteiger partial charge in [0.1, 0.15) is 11.3 Å². The minimum absolute atomic E-state index is 0.294. The molecule has 194 valence electrons. The number of carbonyl (C=O) groups excluding carboxylic acids is 1. The number of rotatable bonds is 5. The van der Waals surface area contributed by atoms with E-state index in [4.69, 9.17) is 4.42 Å². The molecule has 5 rings (SSSR count). The van der Waals surface area contributed by atoms with Gasteiger partial charge in [0, 0.05) is 52.8 Å². The third-order valence-corrected chi connectivity index (χ3v) is 6.56. The molecule has 0 fully saturated rings. The first-order chi connectivity index (χ1) is 18.5. The van der Waals surface area contributed by atoms with Gasteiger partial charge in [-0.1, -0.05) is 30.3 Å². The molecule has 0 saturated carbocycles. The monoisotopic (exact) mass is 508 g/mol. The number of aryl methyl sites for hydroxylation is 2. The summed E-state index contributed by atoms with van der Waals surface area (Å²) in [4.78, 5) is 21.4. The van der Waals surface area contributed by atoms with Gasteiger partial charge in [-0.3, -0.25) is 9.88 Å². The van der Waals surface area contributed by atoms with Crippen LogP contribution in [0.1, 0.15) is 35.3 Å². The summed E-state index contributed by atoms with van der Waals surface area (Å²) < 4.78 is 6.47. The molecular formula is C32H32N2O4. The van der Waals surface area contributed by atoms with Gasteiger partial charge >= 0.3 is 5.97 Å². The van der Waals surface area contributed by atoms with Gasteiger partial charge in [0.2, 0.25) is 0 Å². The van der Waals surface area contributed by atoms with Crippen molar-refractivity contribution in [1.82, 2.24) is 0 Å². The molecule has 3 aromatic carbocycles. The van der Waals surface area contributed by atoms with E-state index < -0.39 is 5.97 Å². The van der Waals surface area contributed by atoms with E-state index in [9.17, 15) is 10.1 Å². The van der Waals surface area contributed by atoms with Crippen LogP contribution in [0.15, 0.2) is 83.2 Å². The quantitative estimate of drug-likeness (QED) is 0.110. The predicted molar refractivity (Wildman–Crippen MR) is 155 cm³/mol. The van der Waals surface area contributed by atoms with E-state index in [1.54, 1.807) is 12.1 Å². The van der Waals surface area contributed by atoms with Crippen molar-refractivity contribution in [3.8, 4) is 22.5 Å². The van der Waals surface area contributed by atoms with Gasteiger partial charge in [0.15, 0.2) is 0 Å². The van der Waals surface area contributed by atoms with Gasteiger partial charge in [-0.25, -0.2) is 4.79 Å². The van der Waals surface area contributed by atoms with E-state index in [1.807, 2.05) is 50.2 Å². The Morgan fingerprint density at radius 3 is 2.42 bits per heavy atom. The molecule has 0 saturated heterocycles. The first-order valence-electron chi connectivity index (χ1n) is 12.6. The minimum atomic E-state index is -0.798. The Morgan fingerprint density at radius 2 is 1.74 bits per heavy atom. The molecule has 1 aliphatic heterocycles. The number of benzene rings is 4. The van der Waals surface area contributed by atoms with Crippen molar-refractivity contribution in [2.75, 3.05) is 18.4 Å². The molecule has 0 atom stereocenters. The summed E-state index contributed by atoms with van der Waals surface area (Å²) >= 11 is 0. The number of nitrogens with one attached hydrogen (secondary N) is 1. The molecule has 0 aromatic heterocycles. The second kappa shape index (κ2) is 11.3. The Bertz CT molecular complexity index is 1680. The number of carbonyl (C=O) groups is 1. The highest BCUT2D eigenvalue weighted by Gasteiger charge is 2.23. The Balaban J connectivity index is 0.00000164. The Labute approximate surface area is 222 Å². The van der Waals surface area contributed by atoms with E-state index in [2.05, 4.69) is 54.3 Å². The van der Waals surface area contributed by atoms with Crippen molar-refractivity contribution < 1.29 is 19.4 Å². The molecular weight excluding hydrogens is 476 g/mol. The molecule has 1 aliphatic carbocycles. The zero-order valence-electron chi connectivity index (χ0n) is 22.2. The fraction of sp³-hybridized carbons (Fsp3) is 0.188. The molecule has 2 N–H and O–H groups in total. The van der Waals surface area contributed by atoms with Crippen LogP contribution in [0.5, 0.6) is 0 Å². The predicted octanol–water partition coefficient (Wildman–Crippen LogP) is 7.76. The zero-order chi connectivity index (χ0) is 27.4. The molecule has 1 heterocycles. The van der Waals surface area contributed by atoms with Gasteiger partial charge in [0.25, 0.3) is 0 Å². The van der Waals surface area contributed by atoms with Crippen LogP contribution < -0.4 is 10.7 Å². The topological polar surface area (TPSA) is 84.1 Å². The molecule has 0 unspecified atom stereocenters. The van der Waals surface area contributed by atoms with E-state index in [-0.39, 0.29) is 0 Å². The van der Waals surface area contributed by atoms with Crippen molar-refractivity contribution in [3.05, 3.63) is 95.9 Å². The lowest BCUT2D eigenvalue weighted by Crippen LogP contribution is -2.09. The SMILES string of the molecule is C=C.CCN=c1cc2oc3cc(NCC)c(C)cc3c(-c3cccc4cccc(C(=O)OO)c34)c-2cc1C. The van der Waals surface area contributed by atoms with Gasteiger partial charge in [-0.05, 0) is 68.0 Å². The fourth-order valence-corrected chi connectivity index (χ4v) is 4.97. The van der Waals surface area contributed by atoms with Crippen LogP contribution in [0, 0.1) is 13.8 Å². The van der Waals surface area contributed by atoms with Gasteiger partial charge < -0.3 is 9.73 Å². The number of hydrogen-bond acceptors (Lipinski definition) is 6. The third kappa shape index (κ3) is 4.66. The first-order valence-corrected chi connectivity index (χ1v) is 12.6. The van der Waals surface area contributed by atoms with E-state index >= 15 is 0 Å². The van der Waals surface area contributed by atoms with Crippen molar-refractivity contribution in [2.24, 2.45) is 4.99 Å². The summed E-state index contributed by atoms with van der Waals surface area (Å²) in [6, 6.07) is 19.5. The average molecular weight is 509 g/mol. The number of hydrogen-bond donors (Lipinski definition) is 2. The van der Waals surface area contributed by atoms with Crippen molar-refractivity contribution in [3.63, 3.8) is 0 Å². The Kier molecular flexibility index (Phi) is 7.93. The second-order valence-electron chi connectivity index (χ2n) is 8.87. The summed E-state index contributed by atoms with van der Waals surface area (Å²) in [7, 11) is 0.